The van der Waals surface area contributed by atoms with Crippen molar-refractivity contribution in [3.05, 3.63) is 65.2 Å². The van der Waals surface area contributed by atoms with E-state index in [1.807, 2.05) is 55.5 Å². The minimum atomic E-state index is 0. The molecule has 0 spiro atoms. The number of pyridine rings is 1. The summed E-state index contributed by atoms with van der Waals surface area (Å²) < 4.78 is 0. The molecule has 2 nitrogen and oxygen atoms in total. The Hall–Kier alpha value is -2.19. The summed E-state index contributed by atoms with van der Waals surface area (Å²) in [5.41, 5.74) is 5.29. The van der Waals surface area contributed by atoms with Gasteiger partial charge in [-0.05, 0) is 18.6 Å². The van der Waals surface area contributed by atoms with Gasteiger partial charge in [-0.3, -0.25) is 4.79 Å². The van der Waals surface area contributed by atoms with Crippen LogP contribution in [-0.2, 0) is 0 Å². The molecule has 3 heteroatoms. The Morgan fingerprint density at radius 1 is 0.900 bits per heavy atom. The second kappa shape index (κ2) is 4.43. The van der Waals surface area contributed by atoms with Gasteiger partial charge < -0.3 is 0 Å². The first-order valence-corrected chi connectivity index (χ1v) is 6.31. The van der Waals surface area contributed by atoms with Crippen LogP contribution in [0.15, 0.2) is 48.5 Å². The number of carbonyl (C=O) groups is 1. The Balaban J connectivity index is 0.00000121. The summed E-state index contributed by atoms with van der Waals surface area (Å²) >= 11 is 0. The minimum Gasteiger partial charge on any atom is -0.288 e. The fourth-order valence-electron chi connectivity index (χ4n) is 2.87. The van der Waals surface area contributed by atoms with Crippen LogP contribution in [0.1, 0.15) is 21.5 Å². The van der Waals surface area contributed by atoms with Crippen LogP contribution >= 0.6 is 12.4 Å². The highest BCUT2D eigenvalue weighted by atomic mass is 35.5. The predicted molar refractivity (Wildman–Crippen MR) is 82.6 cm³/mol. The molecule has 0 radical (unpaired) electrons. The fourth-order valence-corrected chi connectivity index (χ4v) is 2.87. The molecule has 0 amide bonds. The van der Waals surface area contributed by atoms with E-state index in [1.165, 1.54) is 0 Å². The van der Waals surface area contributed by atoms with Crippen molar-refractivity contribution >= 4 is 29.1 Å². The summed E-state index contributed by atoms with van der Waals surface area (Å²) in [4.78, 5) is 17.2. The molecule has 1 aliphatic carbocycles. The van der Waals surface area contributed by atoms with Crippen molar-refractivity contribution in [2.45, 2.75) is 6.92 Å². The first-order chi connectivity index (χ1) is 9.27. The zero-order valence-corrected chi connectivity index (χ0v) is 11.7. The molecule has 4 rings (SSSR count). The van der Waals surface area contributed by atoms with Gasteiger partial charge in [0.2, 0.25) is 0 Å². The molecule has 0 fully saturated rings. The van der Waals surface area contributed by atoms with Crippen LogP contribution in [-0.4, -0.2) is 10.8 Å². The van der Waals surface area contributed by atoms with Crippen LogP contribution in [0.2, 0.25) is 0 Å². The van der Waals surface area contributed by atoms with Crippen LogP contribution in [0.3, 0.4) is 0 Å². The number of benzene rings is 2. The van der Waals surface area contributed by atoms with Crippen LogP contribution in [0.4, 0.5) is 0 Å². The summed E-state index contributed by atoms with van der Waals surface area (Å²) in [7, 11) is 0. The van der Waals surface area contributed by atoms with E-state index in [1.54, 1.807) is 0 Å². The molecule has 0 aliphatic heterocycles. The number of aromatic nitrogens is 1. The second-order valence-electron chi connectivity index (χ2n) is 4.85. The normalized spacial score (nSPS) is 11.9. The highest BCUT2D eigenvalue weighted by molar-refractivity contribution is 6.23. The maximum absolute atomic E-state index is 12.5. The largest absolute Gasteiger partial charge is 0.288 e. The van der Waals surface area contributed by atoms with Gasteiger partial charge in [0.25, 0.3) is 0 Å². The Morgan fingerprint density at radius 2 is 1.55 bits per heavy atom. The average Bonchev–Trinajstić information content (AvgIpc) is 2.74. The third-order valence-corrected chi connectivity index (χ3v) is 3.81. The third kappa shape index (κ3) is 1.52. The molecule has 0 saturated carbocycles. The molecular weight excluding hydrogens is 270 g/mol. The smallest absolute Gasteiger partial charge is 0.196 e. The van der Waals surface area contributed by atoms with Crippen LogP contribution in [0.5, 0.6) is 0 Å². The highest BCUT2D eigenvalue weighted by Gasteiger charge is 2.30. The van der Waals surface area contributed by atoms with Crippen molar-refractivity contribution in [2.75, 3.05) is 0 Å². The molecule has 0 atom stereocenters. The predicted octanol–water partition coefficient (Wildman–Crippen LogP) is 4.18. The molecule has 0 saturated heterocycles. The van der Waals surface area contributed by atoms with Crippen LogP contribution < -0.4 is 0 Å². The van der Waals surface area contributed by atoms with Crippen LogP contribution in [0, 0.1) is 6.92 Å². The van der Waals surface area contributed by atoms with Crippen molar-refractivity contribution in [3.63, 3.8) is 0 Å². The minimum absolute atomic E-state index is 0. The number of hydrogen-bond acceptors (Lipinski definition) is 2. The van der Waals surface area contributed by atoms with E-state index in [0.717, 1.165) is 38.9 Å². The van der Waals surface area contributed by atoms with E-state index in [0.29, 0.717) is 0 Å². The lowest BCUT2D eigenvalue weighted by Crippen LogP contribution is -1.99. The van der Waals surface area contributed by atoms with Crippen LogP contribution in [0.25, 0.3) is 22.2 Å². The van der Waals surface area contributed by atoms with Crippen molar-refractivity contribution in [2.24, 2.45) is 0 Å². The van der Waals surface area contributed by atoms with E-state index < -0.39 is 0 Å². The summed E-state index contributed by atoms with van der Waals surface area (Å²) in [5, 5.41) is 1.06. The second-order valence-corrected chi connectivity index (χ2v) is 4.85. The van der Waals surface area contributed by atoms with Crippen molar-refractivity contribution in [1.82, 2.24) is 4.98 Å². The van der Waals surface area contributed by atoms with Gasteiger partial charge in [0.05, 0.1) is 16.8 Å². The molecule has 1 aromatic heterocycles. The molecular formula is C17H12ClNO. The lowest BCUT2D eigenvalue weighted by molar-refractivity contribution is 0.104. The first-order valence-electron chi connectivity index (χ1n) is 6.31. The Labute approximate surface area is 122 Å². The van der Waals surface area contributed by atoms with E-state index in [9.17, 15) is 4.79 Å². The van der Waals surface area contributed by atoms with Crippen molar-refractivity contribution in [1.29, 1.82) is 0 Å². The number of para-hydroxylation sites is 1. The van der Waals surface area contributed by atoms with Gasteiger partial charge in [-0.1, -0.05) is 42.5 Å². The van der Waals surface area contributed by atoms with Gasteiger partial charge in [-0.15, -0.1) is 12.4 Å². The monoisotopic (exact) mass is 281 g/mol. The quantitative estimate of drug-likeness (QED) is 0.484. The lowest BCUT2D eigenvalue weighted by atomic mass is 10.0. The van der Waals surface area contributed by atoms with E-state index in [4.69, 9.17) is 0 Å². The number of aryl methyl sites for hydroxylation is 1. The van der Waals surface area contributed by atoms with E-state index >= 15 is 0 Å². The number of fused-ring (bicyclic) bond motifs is 4. The fraction of sp³-hybridized carbons (Fsp3) is 0.0588. The topological polar surface area (TPSA) is 30.0 Å². The number of halogens is 1. The Kier molecular flexibility index (Phi) is 2.84. The van der Waals surface area contributed by atoms with Crippen molar-refractivity contribution in [3.8, 4) is 11.3 Å². The average molecular weight is 282 g/mol. The number of ketones is 1. The summed E-state index contributed by atoms with van der Waals surface area (Å²) in [6.45, 7) is 2.01. The first kappa shape index (κ1) is 12.8. The maximum Gasteiger partial charge on any atom is 0.196 e. The van der Waals surface area contributed by atoms with E-state index in [2.05, 4.69) is 4.98 Å². The molecule has 0 unspecified atom stereocenters. The molecule has 0 bridgehead atoms. The standard InChI is InChI=1S/C17H11NO.ClH/c1-10-11-6-4-5-9-14(11)18-16-12-7-2-3-8-13(12)17(19)15(10)16;/h2-9H,1H3;1H. The SMILES string of the molecule is Cc1c2c(nc3ccccc13)-c1ccccc1C2=O.Cl. The summed E-state index contributed by atoms with van der Waals surface area (Å²) in [6, 6.07) is 15.7. The summed E-state index contributed by atoms with van der Waals surface area (Å²) in [5.74, 6) is 0.0985. The summed E-state index contributed by atoms with van der Waals surface area (Å²) in [6.07, 6.45) is 0. The number of nitrogens with zero attached hydrogens (tertiary/aromatic N) is 1. The number of rotatable bonds is 0. The van der Waals surface area contributed by atoms with Crippen molar-refractivity contribution < 1.29 is 4.79 Å². The number of carbonyl (C=O) groups excluding carboxylic acids is 1. The Morgan fingerprint density at radius 3 is 2.35 bits per heavy atom. The van der Waals surface area contributed by atoms with E-state index in [-0.39, 0.29) is 18.2 Å². The molecule has 1 heterocycles. The Bertz CT molecular complexity index is 855. The van der Waals surface area contributed by atoms with Gasteiger partial charge in [0, 0.05) is 16.5 Å². The maximum atomic E-state index is 12.5. The molecule has 2 aromatic carbocycles. The zero-order chi connectivity index (χ0) is 13.0. The van der Waals surface area contributed by atoms with Gasteiger partial charge in [-0.2, -0.15) is 0 Å². The van der Waals surface area contributed by atoms with Gasteiger partial charge in [-0.25, -0.2) is 4.98 Å². The third-order valence-electron chi connectivity index (χ3n) is 3.81. The number of hydrogen-bond donors (Lipinski definition) is 0. The van der Waals surface area contributed by atoms with Gasteiger partial charge >= 0.3 is 0 Å². The molecule has 98 valence electrons. The zero-order valence-electron chi connectivity index (χ0n) is 10.9. The molecule has 20 heavy (non-hydrogen) atoms. The van der Waals surface area contributed by atoms with Gasteiger partial charge in [0.15, 0.2) is 5.78 Å². The lowest BCUT2D eigenvalue weighted by Gasteiger charge is -2.07. The van der Waals surface area contributed by atoms with Gasteiger partial charge in [0.1, 0.15) is 0 Å². The molecule has 1 aliphatic rings. The molecule has 0 N–H and O–H groups in total. The highest BCUT2D eigenvalue weighted by Crippen LogP contribution is 2.38. The molecule has 3 aromatic rings.